The van der Waals surface area contributed by atoms with Gasteiger partial charge < -0.3 is 5.32 Å². The van der Waals surface area contributed by atoms with Gasteiger partial charge in [0.15, 0.2) is 0 Å². The number of fused-ring (bicyclic) bond motifs is 2. The molecule has 3 N–H and O–H groups in total. The molecule has 1 aromatic carbocycles. The van der Waals surface area contributed by atoms with Crippen molar-refractivity contribution in [2.75, 3.05) is 6.54 Å². The molecule has 0 saturated carbocycles. The molecule has 0 fully saturated rings. The fourth-order valence-electron chi connectivity index (χ4n) is 4.14. The van der Waals surface area contributed by atoms with E-state index in [2.05, 4.69) is 30.7 Å². The highest BCUT2D eigenvalue weighted by Gasteiger charge is 2.19. The molecule has 158 valence electrons. The monoisotopic (exact) mass is 445 g/mol. The van der Waals surface area contributed by atoms with Crippen molar-refractivity contribution in [2.24, 2.45) is 0 Å². The number of pyridine rings is 2. The third-order valence-electron chi connectivity index (χ3n) is 5.72. The molecule has 6 rings (SSSR count). The maximum absolute atomic E-state index is 14.5. The van der Waals surface area contributed by atoms with E-state index in [-0.39, 0.29) is 0 Å². The minimum Gasteiger partial charge on any atom is -0.311 e. The van der Waals surface area contributed by atoms with E-state index < -0.39 is 5.82 Å². The summed E-state index contributed by atoms with van der Waals surface area (Å²) in [5.74, 6) is -0.397. The van der Waals surface area contributed by atoms with Crippen LogP contribution in [0, 0.1) is 5.82 Å². The van der Waals surface area contributed by atoms with Gasteiger partial charge in [-0.25, -0.2) is 9.37 Å². The number of H-pyrrole nitrogens is 2. The summed E-state index contributed by atoms with van der Waals surface area (Å²) >= 11 is 6.09. The van der Waals surface area contributed by atoms with Gasteiger partial charge >= 0.3 is 0 Å². The average Bonchev–Trinajstić information content (AvgIpc) is 3.47. The number of rotatable bonds is 3. The van der Waals surface area contributed by atoms with E-state index >= 15 is 0 Å². The van der Waals surface area contributed by atoms with Gasteiger partial charge in [-0.1, -0.05) is 11.6 Å². The van der Waals surface area contributed by atoms with Crippen LogP contribution < -0.4 is 5.32 Å². The lowest BCUT2D eigenvalue weighted by molar-refractivity contribution is 0.630. The summed E-state index contributed by atoms with van der Waals surface area (Å²) in [5.41, 5.74) is 7.80. The zero-order valence-electron chi connectivity index (χ0n) is 16.8. The highest BCUT2D eigenvalue weighted by atomic mass is 35.5. The molecule has 0 amide bonds. The molecule has 0 spiro atoms. The first-order valence-electron chi connectivity index (χ1n) is 10.2. The molecule has 0 radical (unpaired) electrons. The van der Waals surface area contributed by atoms with Crippen LogP contribution in [0.3, 0.4) is 0 Å². The van der Waals surface area contributed by atoms with Crippen LogP contribution in [0.15, 0.2) is 48.8 Å². The second-order valence-electron chi connectivity index (χ2n) is 7.68. The standard InChI is InChI=1S/C23H17ClFN7/c24-13-1-2-17(25)15(8-13)23-16(10-28-31-23)18-3-4-19-20(29-18)7-12(9-27-19)22-14-5-6-26-11-21(14)30-32-22/h1-4,7-10,26H,5-6,11H2,(H,28,31)(H,30,32). The summed E-state index contributed by atoms with van der Waals surface area (Å²) in [6.45, 7) is 1.69. The van der Waals surface area contributed by atoms with Crippen LogP contribution in [0.4, 0.5) is 4.39 Å². The van der Waals surface area contributed by atoms with Crippen LogP contribution in [0.1, 0.15) is 11.3 Å². The maximum Gasteiger partial charge on any atom is 0.132 e. The Morgan fingerprint density at radius 3 is 2.88 bits per heavy atom. The molecule has 7 nitrogen and oxygen atoms in total. The van der Waals surface area contributed by atoms with Crippen LogP contribution in [0.2, 0.25) is 5.02 Å². The summed E-state index contributed by atoms with van der Waals surface area (Å²) in [6, 6.07) is 10.2. The number of aromatic nitrogens is 6. The Hall–Kier alpha value is -3.62. The molecular weight excluding hydrogens is 429 g/mol. The van der Waals surface area contributed by atoms with Gasteiger partial charge in [0, 0.05) is 46.2 Å². The number of hydrogen-bond donors (Lipinski definition) is 3. The van der Waals surface area contributed by atoms with Crippen molar-refractivity contribution < 1.29 is 4.39 Å². The fourth-order valence-corrected chi connectivity index (χ4v) is 4.31. The molecule has 0 aliphatic carbocycles. The molecule has 1 aliphatic heterocycles. The molecular formula is C23H17ClFN7. The van der Waals surface area contributed by atoms with Crippen molar-refractivity contribution in [3.05, 3.63) is 70.9 Å². The molecule has 5 heterocycles. The number of nitrogens with one attached hydrogen (secondary N) is 3. The Morgan fingerprint density at radius 1 is 1.00 bits per heavy atom. The minimum absolute atomic E-state index is 0.320. The lowest BCUT2D eigenvalue weighted by Crippen LogP contribution is -2.23. The fraction of sp³-hybridized carbons (Fsp3) is 0.130. The summed E-state index contributed by atoms with van der Waals surface area (Å²) < 4.78 is 14.5. The second-order valence-corrected chi connectivity index (χ2v) is 8.12. The number of halogens is 2. The number of benzene rings is 1. The number of aromatic amines is 2. The molecule has 5 aromatic rings. The predicted molar refractivity (Wildman–Crippen MR) is 121 cm³/mol. The first-order valence-corrected chi connectivity index (χ1v) is 10.6. The third-order valence-corrected chi connectivity index (χ3v) is 5.96. The zero-order chi connectivity index (χ0) is 21.7. The van der Waals surface area contributed by atoms with Crippen LogP contribution >= 0.6 is 11.6 Å². The van der Waals surface area contributed by atoms with Crippen molar-refractivity contribution in [3.8, 4) is 33.8 Å². The molecule has 0 saturated heterocycles. The van der Waals surface area contributed by atoms with Gasteiger partial charge in [0.2, 0.25) is 0 Å². The molecule has 9 heteroatoms. The van der Waals surface area contributed by atoms with Crippen LogP contribution in [0.5, 0.6) is 0 Å². The first-order chi connectivity index (χ1) is 15.7. The van der Waals surface area contributed by atoms with E-state index in [1.807, 2.05) is 24.4 Å². The van der Waals surface area contributed by atoms with Crippen molar-refractivity contribution in [3.63, 3.8) is 0 Å². The van der Waals surface area contributed by atoms with Crippen LogP contribution in [-0.2, 0) is 13.0 Å². The van der Waals surface area contributed by atoms with Gasteiger partial charge in [-0.15, -0.1) is 0 Å². The first kappa shape index (κ1) is 19.1. The highest BCUT2D eigenvalue weighted by molar-refractivity contribution is 6.30. The van der Waals surface area contributed by atoms with Gasteiger partial charge in [-0.2, -0.15) is 10.2 Å². The van der Waals surface area contributed by atoms with Crippen molar-refractivity contribution in [1.82, 2.24) is 35.7 Å². The van der Waals surface area contributed by atoms with Crippen molar-refractivity contribution in [2.45, 2.75) is 13.0 Å². The topological polar surface area (TPSA) is 95.2 Å². The van der Waals surface area contributed by atoms with E-state index in [1.165, 1.54) is 17.7 Å². The summed E-state index contributed by atoms with van der Waals surface area (Å²) in [5, 5.41) is 18.4. The number of hydrogen-bond acceptors (Lipinski definition) is 5. The SMILES string of the molecule is Fc1ccc(Cl)cc1-c1n[nH]cc1-c1ccc2ncc(-c3[nH]nc4c3CCNC4)cc2n1. The summed E-state index contributed by atoms with van der Waals surface area (Å²) in [4.78, 5) is 9.40. The number of nitrogens with zero attached hydrogens (tertiary/aromatic N) is 4. The Bertz CT molecular complexity index is 1470. The molecule has 1 aliphatic rings. The minimum atomic E-state index is -0.397. The van der Waals surface area contributed by atoms with Crippen molar-refractivity contribution in [1.29, 1.82) is 0 Å². The van der Waals surface area contributed by atoms with Gasteiger partial charge in [-0.3, -0.25) is 15.2 Å². The van der Waals surface area contributed by atoms with E-state index in [0.717, 1.165) is 47.5 Å². The Morgan fingerprint density at radius 2 is 1.94 bits per heavy atom. The normalized spacial score (nSPS) is 13.4. The van der Waals surface area contributed by atoms with E-state index in [9.17, 15) is 4.39 Å². The molecule has 0 unspecified atom stereocenters. The highest BCUT2D eigenvalue weighted by Crippen LogP contribution is 2.33. The van der Waals surface area contributed by atoms with E-state index in [4.69, 9.17) is 16.6 Å². The Labute approximate surface area is 187 Å². The van der Waals surface area contributed by atoms with Crippen LogP contribution in [-0.4, -0.2) is 36.9 Å². The predicted octanol–water partition coefficient (Wildman–Crippen LogP) is 4.52. The zero-order valence-corrected chi connectivity index (χ0v) is 17.5. The summed E-state index contributed by atoms with van der Waals surface area (Å²) in [7, 11) is 0. The van der Waals surface area contributed by atoms with Gasteiger partial charge in [0.1, 0.15) is 11.5 Å². The molecule has 32 heavy (non-hydrogen) atoms. The Balaban J connectivity index is 1.45. The van der Waals surface area contributed by atoms with E-state index in [1.54, 1.807) is 12.3 Å². The summed E-state index contributed by atoms with van der Waals surface area (Å²) in [6.07, 6.45) is 4.46. The van der Waals surface area contributed by atoms with Gasteiger partial charge in [0.25, 0.3) is 0 Å². The van der Waals surface area contributed by atoms with Gasteiger partial charge in [0.05, 0.1) is 28.1 Å². The average molecular weight is 446 g/mol. The van der Waals surface area contributed by atoms with Crippen LogP contribution in [0.25, 0.3) is 44.8 Å². The molecule has 0 atom stereocenters. The van der Waals surface area contributed by atoms with E-state index in [0.29, 0.717) is 27.5 Å². The Kier molecular flexibility index (Phi) is 4.48. The second kappa shape index (κ2) is 7.51. The third kappa shape index (κ3) is 3.16. The van der Waals surface area contributed by atoms with Gasteiger partial charge in [-0.05, 0) is 49.4 Å². The largest absolute Gasteiger partial charge is 0.311 e. The quantitative estimate of drug-likeness (QED) is 0.379. The lowest BCUT2D eigenvalue weighted by Gasteiger charge is -2.12. The van der Waals surface area contributed by atoms with Crippen molar-refractivity contribution >= 4 is 22.6 Å². The maximum atomic E-state index is 14.5. The molecule has 0 bridgehead atoms. The lowest BCUT2D eigenvalue weighted by atomic mass is 10.0. The smallest absolute Gasteiger partial charge is 0.132 e. The molecule has 4 aromatic heterocycles.